The van der Waals surface area contributed by atoms with Gasteiger partial charge in [0.2, 0.25) is 0 Å². The van der Waals surface area contributed by atoms with E-state index in [0.717, 1.165) is 6.42 Å². The quantitative estimate of drug-likeness (QED) is 0.788. The Hall–Kier alpha value is -2.89. The number of esters is 1. The number of ether oxygens (including phenoxy) is 1. The van der Waals surface area contributed by atoms with E-state index in [1.54, 1.807) is 6.07 Å². The lowest BCUT2D eigenvalue weighted by Crippen LogP contribution is -2.30. The molecule has 1 aromatic heterocycles. The normalized spacial score (nSPS) is 10.1. The maximum Gasteiger partial charge on any atom is 0.342 e. The Balaban J connectivity index is 1.74. The number of benzene rings is 1. The zero-order valence-electron chi connectivity index (χ0n) is 12.9. The number of rotatable bonds is 6. The van der Waals surface area contributed by atoms with Gasteiger partial charge in [-0.05, 0) is 36.6 Å². The number of nitrogens with zero attached hydrogens (tertiary/aromatic N) is 1. The SMILES string of the molecule is Cc1ccccc1CCNC(=O)COC(=O)c1cccnc1N. The summed E-state index contributed by atoms with van der Waals surface area (Å²) in [4.78, 5) is 27.3. The van der Waals surface area contributed by atoms with Crippen molar-refractivity contribution in [3.8, 4) is 0 Å². The second-order valence-electron chi connectivity index (χ2n) is 5.04. The first-order valence-corrected chi connectivity index (χ1v) is 7.26. The smallest absolute Gasteiger partial charge is 0.342 e. The number of carbonyl (C=O) groups is 2. The van der Waals surface area contributed by atoms with Crippen LogP contribution < -0.4 is 11.1 Å². The number of amides is 1. The van der Waals surface area contributed by atoms with Crippen molar-refractivity contribution in [2.45, 2.75) is 13.3 Å². The number of nitrogens with one attached hydrogen (secondary N) is 1. The summed E-state index contributed by atoms with van der Waals surface area (Å²) in [5, 5.41) is 2.72. The van der Waals surface area contributed by atoms with Crippen LogP contribution in [-0.2, 0) is 16.0 Å². The van der Waals surface area contributed by atoms with Crippen molar-refractivity contribution < 1.29 is 14.3 Å². The van der Waals surface area contributed by atoms with Crippen LogP contribution in [0.3, 0.4) is 0 Å². The average Bonchev–Trinajstić information content (AvgIpc) is 2.55. The molecule has 6 nitrogen and oxygen atoms in total. The average molecular weight is 313 g/mol. The first-order chi connectivity index (χ1) is 11.1. The van der Waals surface area contributed by atoms with Crippen molar-refractivity contribution in [3.05, 3.63) is 59.3 Å². The molecule has 120 valence electrons. The molecule has 2 rings (SSSR count). The number of aromatic nitrogens is 1. The Bertz CT molecular complexity index is 701. The number of hydrogen-bond acceptors (Lipinski definition) is 5. The first kappa shape index (κ1) is 16.5. The molecule has 1 amide bonds. The molecule has 0 bridgehead atoms. The molecule has 6 heteroatoms. The number of nitrogens with two attached hydrogens (primary N) is 1. The van der Waals surface area contributed by atoms with Crippen molar-refractivity contribution in [2.24, 2.45) is 0 Å². The second kappa shape index (κ2) is 7.93. The van der Waals surface area contributed by atoms with E-state index in [0.29, 0.717) is 6.54 Å². The molecule has 2 aromatic rings. The molecule has 0 aliphatic heterocycles. The van der Waals surface area contributed by atoms with Gasteiger partial charge < -0.3 is 15.8 Å². The van der Waals surface area contributed by atoms with Gasteiger partial charge in [-0.25, -0.2) is 9.78 Å². The van der Waals surface area contributed by atoms with E-state index < -0.39 is 5.97 Å². The summed E-state index contributed by atoms with van der Waals surface area (Å²) in [6, 6.07) is 11.1. The van der Waals surface area contributed by atoms with Crippen LogP contribution in [0.15, 0.2) is 42.6 Å². The second-order valence-corrected chi connectivity index (χ2v) is 5.04. The van der Waals surface area contributed by atoms with E-state index in [1.807, 2.05) is 31.2 Å². The first-order valence-electron chi connectivity index (χ1n) is 7.26. The third kappa shape index (κ3) is 4.81. The highest BCUT2D eigenvalue weighted by Crippen LogP contribution is 2.08. The molecule has 0 fully saturated rings. The van der Waals surface area contributed by atoms with E-state index >= 15 is 0 Å². The lowest BCUT2D eigenvalue weighted by atomic mass is 10.1. The fourth-order valence-corrected chi connectivity index (χ4v) is 2.08. The van der Waals surface area contributed by atoms with E-state index in [1.165, 1.54) is 23.4 Å². The minimum absolute atomic E-state index is 0.0810. The molecular formula is C17H19N3O3. The maximum atomic E-state index is 11.8. The molecule has 0 unspecified atom stereocenters. The van der Waals surface area contributed by atoms with Crippen LogP contribution >= 0.6 is 0 Å². The van der Waals surface area contributed by atoms with Crippen molar-refractivity contribution in [3.63, 3.8) is 0 Å². The molecule has 23 heavy (non-hydrogen) atoms. The van der Waals surface area contributed by atoms with Gasteiger partial charge >= 0.3 is 5.97 Å². The van der Waals surface area contributed by atoms with Crippen molar-refractivity contribution >= 4 is 17.7 Å². The summed E-state index contributed by atoms with van der Waals surface area (Å²) in [6.07, 6.45) is 2.20. The Morgan fingerprint density at radius 3 is 2.74 bits per heavy atom. The monoisotopic (exact) mass is 313 g/mol. The summed E-state index contributed by atoms with van der Waals surface area (Å²) in [5.41, 5.74) is 8.08. The molecule has 3 N–H and O–H groups in total. The molecule has 0 spiro atoms. The van der Waals surface area contributed by atoms with Gasteiger partial charge in [-0.3, -0.25) is 4.79 Å². The lowest BCUT2D eigenvalue weighted by Gasteiger charge is -2.08. The predicted octanol–water partition coefficient (Wildman–Crippen LogP) is 1.49. The zero-order valence-corrected chi connectivity index (χ0v) is 12.9. The number of anilines is 1. The molecular weight excluding hydrogens is 294 g/mol. The lowest BCUT2D eigenvalue weighted by molar-refractivity contribution is -0.124. The highest BCUT2D eigenvalue weighted by Gasteiger charge is 2.13. The van der Waals surface area contributed by atoms with Gasteiger partial charge in [-0.2, -0.15) is 0 Å². The van der Waals surface area contributed by atoms with Crippen LogP contribution in [0.4, 0.5) is 5.82 Å². The zero-order chi connectivity index (χ0) is 16.7. The minimum Gasteiger partial charge on any atom is -0.452 e. The van der Waals surface area contributed by atoms with E-state index in [9.17, 15) is 9.59 Å². The Labute approximate surface area is 134 Å². The van der Waals surface area contributed by atoms with E-state index in [4.69, 9.17) is 10.5 Å². The molecule has 1 heterocycles. The fraction of sp³-hybridized carbons (Fsp3) is 0.235. The van der Waals surface area contributed by atoms with Gasteiger partial charge in [0.05, 0.1) is 0 Å². The summed E-state index contributed by atoms with van der Waals surface area (Å²) < 4.78 is 4.93. The third-order valence-corrected chi connectivity index (χ3v) is 3.37. The summed E-state index contributed by atoms with van der Waals surface area (Å²) in [7, 11) is 0. The van der Waals surface area contributed by atoms with Crippen LogP contribution in [0.25, 0.3) is 0 Å². The standard InChI is InChI=1S/C17H19N3O3/c1-12-5-2-3-6-13(12)8-10-19-15(21)11-23-17(22)14-7-4-9-20-16(14)18/h2-7,9H,8,10-11H2,1H3,(H2,18,20)(H,19,21). The van der Waals surface area contributed by atoms with Gasteiger partial charge in [-0.15, -0.1) is 0 Å². The minimum atomic E-state index is -0.662. The van der Waals surface area contributed by atoms with Crippen LogP contribution in [0.1, 0.15) is 21.5 Å². The molecule has 0 saturated heterocycles. The summed E-state index contributed by atoms with van der Waals surface area (Å²) >= 11 is 0. The van der Waals surface area contributed by atoms with E-state index in [-0.39, 0.29) is 23.9 Å². The molecule has 0 saturated carbocycles. The molecule has 0 atom stereocenters. The third-order valence-electron chi connectivity index (χ3n) is 3.37. The van der Waals surface area contributed by atoms with Crippen molar-refractivity contribution in [1.29, 1.82) is 0 Å². The Kier molecular flexibility index (Phi) is 5.68. The van der Waals surface area contributed by atoms with Crippen molar-refractivity contribution in [1.82, 2.24) is 10.3 Å². The van der Waals surface area contributed by atoms with Gasteiger partial charge in [0, 0.05) is 12.7 Å². The molecule has 0 radical (unpaired) electrons. The predicted molar refractivity (Wildman–Crippen MR) is 86.8 cm³/mol. The van der Waals surface area contributed by atoms with Gasteiger partial charge in [0.15, 0.2) is 6.61 Å². The number of pyridine rings is 1. The van der Waals surface area contributed by atoms with Crippen LogP contribution in [-0.4, -0.2) is 30.0 Å². The molecule has 1 aromatic carbocycles. The number of carbonyl (C=O) groups excluding carboxylic acids is 2. The Morgan fingerprint density at radius 1 is 1.22 bits per heavy atom. The molecule has 0 aliphatic carbocycles. The highest BCUT2D eigenvalue weighted by molar-refractivity contribution is 5.95. The number of hydrogen-bond donors (Lipinski definition) is 2. The summed E-state index contributed by atoms with van der Waals surface area (Å²) in [6.45, 7) is 2.16. The van der Waals surface area contributed by atoms with Crippen LogP contribution in [0.2, 0.25) is 0 Å². The van der Waals surface area contributed by atoms with Crippen LogP contribution in [0.5, 0.6) is 0 Å². The van der Waals surface area contributed by atoms with Gasteiger partial charge in [-0.1, -0.05) is 24.3 Å². The largest absolute Gasteiger partial charge is 0.452 e. The molecule has 0 aliphatic rings. The highest BCUT2D eigenvalue weighted by atomic mass is 16.5. The van der Waals surface area contributed by atoms with E-state index in [2.05, 4.69) is 10.3 Å². The summed E-state index contributed by atoms with van der Waals surface area (Å²) in [5.74, 6) is -0.934. The topological polar surface area (TPSA) is 94.3 Å². The Morgan fingerprint density at radius 2 is 2.00 bits per heavy atom. The number of nitrogen functional groups attached to an aromatic ring is 1. The van der Waals surface area contributed by atoms with Gasteiger partial charge in [0.1, 0.15) is 11.4 Å². The van der Waals surface area contributed by atoms with Crippen LogP contribution in [0, 0.1) is 6.92 Å². The van der Waals surface area contributed by atoms with Crippen molar-refractivity contribution in [2.75, 3.05) is 18.9 Å². The maximum absolute atomic E-state index is 11.8. The number of aryl methyl sites for hydroxylation is 1. The fourth-order valence-electron chi connectivity index (χ4n) is 2.08. The van der Waals surface area contributed by atoms with Gasteiger partial charge in [0.25, 0.3) is 5.91 Å².